The normalized spacial score (nSPS) is 24.9. The highest BCUT2D eigenvalue weighted by molar-refractivity contribution is 5.92. The van der Waals surface area contributed by atoms with Crippen molar-refractivity contribution >= 4 is 11.6 Å². The molecule has 1 saturated heterocycles. The van der Waals surface area contributed by atoms with Gasteiger partial charge in [0, 0.05) is 24.7 Å². The summed E-state index contributed by atoms with van der Waals surface area (Å²) in [6.45, 7) is 6.21. The van der Waals surface area contributed by atoms with E-state index in [1.54, 1.807) is 0 Å². The fraction of sp³-hybridized carbons (Fsp3) is 0.667. The predicted octanol–water partition coefficient (Wildman–Crippen LogP) is 4.68. The molecule has 1 heterocycles. The summed E-state index contributed by atoms with van der Waals surface area (Å²) in [6.07, 6.45) is 10.2. The molecule has 0 aromatic heterocycles. The van der Waals surface area contributed by atoms with Gasteiger partial charge in [0.1, 0.15) is 0 Å². The standard InChI is InChI=1S/C21H32N2O/c1-16-8-6-9-17(2)21(16)22-20(24)13-15-23-14-7-11-18-10-4-3-5-12-19(18)23/h6,8-9,18-19H,3-5,7,10-15H2,1-2H3,(H,22,24)/t18-,19-/m0/s1. The molecule has 24 heavy (non-hydrogen) atoms. The van der Waals surface area contributed by atoms with E-state index in [9.17, 15) is 4.79 Å². The number of fused-ring (bicyclic) bond motifs is 1. The van der Waals surface area contributed by atoms with E-state index in [-0.39, 0.29) is 5.91 Å². The van der Waals surface area contributed by atoms with E-state index in [1.807, 2.05) is 6.07 Å². The Balaban J connectivity index is 1.55. The summed E-state index contributed by atoms with van der Waals surface area (Å²) < 4.78 is 0. The number of likely N-dealkylation sites (tertiary alicyclic amines) is 1. The second kappa shape index (κ2) is 8.15. The molecule has 2 aliphatic rings. The van der Waals surface area contributed by atoms with E-state index >= 15 is 0 Å². The predicted molar refractivity (Wildman–Crippen MR) is 100 cm³/mol. The summed E-state index contributed by atoms with van der Waals surface area (Å²) in [5.41, 5.74) is 3.28. The van der Waals surface area contributed by atoms with Gasteiger partial charge < -0.3 is 5.32 Å². The Bertz CT molecular complexity index is 549. The minimum absolute atomic E-state index is 0.156. The number of benzene rings is 1. The number of carbonyl (C=O) groups is 1. The summed E-state index contributed by atoms with van der Waals surface area (Å²) in [6, 6.07) is 6.89. The van der Waals surface area contributed by atoms with Crippen LogP contribution in [0.4, 0.5) is 5.69 Å². The lowest BCUT2D eigenvalue weighted by molar-refractivity contribution is -0.116. The smallest absolute Gasteiger partial charge is 0.225 e. The number of nitrogens with zero attached hydrogens (tertiary/aromatic N) is 1. The van der Waals surface area contributed by atoms with Crippen LogP contribution in [0.1, 0.15) is 62.5 Å². The van der Waals surface area contributed by atoms with E-state index in [0.717, 1.165) is 35.3 Å². The van der Waals surface area contributed by atoms with Gasteiger partial charge in [-0.15, -0.1) is 0 Å². The maximum absolute atomic E-state index is 12.4. The van der Waals surface area contributed by atoms with Gasteiger partial charge >= 0.3 is 0 Å². The number of anilines is 1. The number of aryl methyl sites for hydroxylation is 2. The number of para-hydroxylation sites is 1. The molecule has 1 N–H and O–H groups in total. The molecule has 1 saturated carbocycles. The third kappa shape index (κ3) is 4.18. The Morgan fingerprint density at radius 2 is 1.79 bits per heavy atom. The van der Waals surface area contributed by atoms with Gasteiger partial charge in [-0.25, -0.2) is 0 Å². The molecule has 3 nitrogen and oxygen atoms in total. The first-order chi connectivity index (χ1) is 11.6. The van der Waals surface area contributed by atoms with Crippen molar-refractivity contribution in [1.82, 2.24) is 4.90 Å². The van der Waals surface area contributed by atoms with Gasteiger partial charge in [0.15, 0.2) is 0 Å². The van der Waals surface area contributed by atoms with Crippen molar-refractivity contribution in [3.8, 4) is 0 Å². The van der Waals surface area contributed by atoms with Crippen LogP contribution in [0.2, 0.25) is 0 Å². The summed E-state index contributed by atoms with van der Waals surface area (Å²) in [7, 11) is 0. The molecule has 2 fully saturated rings. The van der Waals surface area contributed by atoms with Crippen molar-refractivity contribution in [2.24, 2.45) is 5.92 Å². The van der Waals surface area contributed by atoms with Crippen LogP contribution in [-0.4, -0.2) is 29.9 Å². The Kier molecular flexibility index (Phi) is 5.94. The van der Waals surface area contributed by atoms with E-state index in [2.05, 4.69) is 36.2 Å². The molecule has 0 bridgehead atoms. The molecule has 2 atom stereocenters. The Labute approximate surface area is 146 Å². The molecule has 3 rings (SSSR count). The van der Waals surface area contributed by atoms with Crippen LogP contribution in [0.25, 0.3) is 0 Å². The SMILES string of the molecule is Cc1cccc(C)c1NC(=O)CCN1CCC[C@@H]2CCCCC[C@@H]21. The quantitative estimate of drug-likeness (QED) is 0.870. The number of carbonyl (C=O) groups excluding carboxylic acids is 1. The van der Waals surface area contributed by atoms with Crippen molar-refractivity contribution in [1.29, 1.82) is 0 Å². The van der Waals surface area contributed by atoms with Gasteiger partial charge in [0.2, 0.25) is 5.91 Å². The van der Waals surface area contributed by atoms with Gasteiger partial charge in [0.25, 0.3) is 0 Å². The largest absolute Gasteiger partial charge is 0.326 e. The molecule has 1 aromatic rings. The van der Waals surface area contributed by atoms with Crippen molar-refractivity contribution in [2.45, 2.75) is 71.3 Å². The lowest BCUT2D eigenvalue weighted by Gasteiger charge is -2.40. The molecule has 1 aliphatic carbocycles. The van der Waals surface area contributed by atoms with Crippen molar-refractivity contribution in [3.63, 3.8) is 0 Å². The first kappa shape index (κ1) is 17.5. The lowest BCUT2D eigenvalue weighted by Crippen LogP contribution is -2.45. The second-order valence-electron chi connectivity index (χ2n) is 7.71. The van der Waals surface area contributed by atoms with Crippen LogP contribution in [0.15, 0.2) is 18.2 Å². The molecular weight excluding hydrogens is 296 g/mol. The van der Waals surface area contributed by atoms with E-state index in [4.69, 9.17) is 0 Å². The second-order valence-corrected chi connectivity index (χ2v) is 7.71. The molecule has 1 amide bonds. The van der Waals surface area contributed by atoms with Crippen LogP contribution in [0, 0.1) is 19.8 Å². The number of amides is 1. The minimum atomic E-state index is 0.156. The highest BCUT2D eigenvalue weighted by Crippen LogP contribution is 2.34. The topological polar surface area (TPSA) is 32.3 Å². The van der Waals surface area contributed by atoms with E-state index in [1.165, 1.54) is 51.5 Å². The maximum atomic E-state index is 12.4. The van der Waals surface area contributed by atoms with Gasteiger partial charge in [-0.3, -0.25) is 9.69 Å². The van der Waals surface area contributed by atoms with Gasteiger partial charge in [0.05, 0.1) is 0 Å². The monoisotopic (exact) mass is 328 g/mol. The number of hydrogen-bond donors (Lipinski definition) is 1. The van der Waals surface area contributed by atoms with E-state index < -0.39 is 0 Å². The number of rotatable bonds is 4. The zero-order chi connectivity index (χ0) is 16.9. The Morgan fingerprint density at radius 3 is 2.58 bits per heavy atom. The molecule has 0 spiro atoms. The molecule has 1 aromatic carbocycles. The maximum Gasteiger partial charge on any atom is 0.225 e. The summed E-state index contributed by atoms with van der Waals surface area (Å²) in [5.74, 6) is 1.03. The molecule has 132 valence electrons. The molecule has 1 aliphatic heterocycles. The first-order valence-electron chi connectivity index (χ1n) is 9.75. The molecule has 3 heteroatoms. The lowest BCUT2D eigenvalue weighted by atomic mass is 9.85. The molecule has 0 radical (unpaired) electrons. The fourth-order valence-corrected chi connectivity index (χ4v) is 4.64. The zero-order valence-corrected chi connectivity index (χ0v) is 15.3. The van der Waals surface area contributed by atoms with Crippen LogP contribution < -0.4 is 5.32 Å². The van der Waals surface area contributed by atoms with Crippen LogP contribution >= 0.6 is 0 Å². The van der Waals surface area contributed by atoms with Crippen LogP contribution in [-0.2, 0) is 4.79 Å². The third-order valence-electron chi connectivity index (χ3n) is 5.98. The van der Waals surface area contributed by atoms with E-state index in [0.29, 0.717) is 6.42 Å². The van der Waals surface area contributed by atoms with Gasteiger partial charge in [-0.2, -0.15) is 0 Å². The minimum Gasteiger partial charge on any atom is -0.326 e. The van der Waals surface area contributed by atoms with Crippen LogP contribution in [0.5, 0.6) is 0 Å². The average Bonchev–Trinajstić information content (AvgIpc) is 2.82. The number of piperidine rings is 1. The molecule has 0 unspecified atom stereocenters. The van der Waals surface area contributed by atoms with Crippen LogP contribution in [0.3, 0.4) is 0 Å². The average molecular weight is 329 g/mol. The zero-order valence-electron chi connectivity index (χ0n) is 15.3. The van der Waals surface area contributed by atoms with Gasteiger partial charge in [-0.1, -0.05) is 37.5 Å². The highest BCUT2D eigenvalue weighted by atomic mass is 16.1. The van der Waals surface area contributed by atoms with Crippen molar-refractivity contribution < 1.29 is 4.79 Å². The summed E-state index contributed by atoms with van der Waals surface area (Å²) >= 11 is 0. The summed E-state index contributed by atoms with van der Waals surface area (Å²) in [5, 5.41) is 3.14. The number of hydrogen-bond acceptors (Lipinski definition) is 2. The van der Waals surface area contributed by atoms with Crippen molar-refractivity contribution in [3.05, 3.63) is 29.3 Å². The summed E-state index contributed by atoms with van der Waals surface area (Å²) in [4.78, 5) is 15.1. The first-order valence-corrected chi connectivity index (χ1v) is 9.75. The molecular formula is C21H32N2O. The third-order valence-corrected chi connectivity index (χ3v) is 5.98. The highest BCUT2D eigenvalue weighted by Gasteiger charge is 2.31. The fourth-order valence-electron chi connectivity index (χ4n) is 4.64. The van der Waals surface area contributed by atoms with Gasteiger partial charge in [-0.05, 0) is 63.1 Å². The Morgan fingerprint density at radius 1 is 1.08 bits per heavy atom. The number of nitrogens with one attached hydrogen (secondary N) is 1. The Hall–Kier alpha value is -1.35. The van der Waals surface area contributed by atoms with Crippen molar-refractivity contribution in [2.75, 3.05) is 18.4 Å².